The Balaban J connectivity index is 3.15. The molecule has 0 N–H and O–H groups in total. The van der Waals surface area contributed by atoms with E-state index in [1.807, 2.05) is 0 Å². The summed E-state index contributed by atoms with van der Waals surface area (Å²) in [5.41, 5.74) is 0. The van der Waals surface area contributed by atoms with Gasteiger partial charge in [0, 0.05) is 0 Å². The Hall–Kier alpha value is -0.130. The van der Waals surface area contributed by atoms with Crippen molar-refractivity contribution in [3.8, 4) is 0 Å². The lowest BCUT2D eigenvalue weighted by molar-refractivity contribution is 0.255. The highest BCUT2D eigenvalue weighted by Crippen LogP contribution is 2.17. The number of rotatable bonds is 15. The Labute approximate surface area is 131 Å². The van der Waals surface area contributed by atoms with Gasteiger partial charge in [0.15, 0.2) is 0 Å². The Morgan fingerprint density at radius 3 is 1.86 bits per heavy atom. The normalized spacial score (nSPS) is 13.5. The van der Waals surface area contributed by atoms with Crippen LogP contribution in [0.4, 0.5) is 0 Å². The van der Waals surface area contributed by atoms with Crippen LogP contribution in [0, 0.1) is 5.92 Å². The molecule has 0 aromatic rings. The molecule has 0 saturated heterocycles. The fraction of sp³-hybridized carbons (Fsp3) is 1.00. The van der Waals surface area contributed by atoms with E-state index in [1.54, 1.807) is 0 Å². The molecule has 0 fully saturated rings. The first-order chi connectivity index (χ1) is 9.95. The molecule has 0 aromatic carbocycles. The van der Waals surface area contributed by atoms with E-state index in [1.165, 1.54) is 57.8 Å². The molecular weight excluding hydrogens is 288 g/mol. The number of hydrogen-bond acceptors (Lipinski definition) is 4. The zero-order valence-corrected chi connectivity index (χ0v) is 14.6. The molecule has 0 aliphatic carbocycles. The van der Waals surface area contributed by atoms with Crippen LogP contribution in [0.1, 0.15) is 90.9 Å². The minimum Gasteiger partial charge on any atom is -0.726 e. The molecule has 21 heavy (non-hydrogen) atoms. The van der Waals surface area contributed by atoms with Gasteiger partial charge >= 0.3 is 0 Å². The second-order valence-corrected chi connectivity index (χ2v) is 7.15. The van der Waals surface area contributed by atoms with Gasteiger partial charge in [-0.25, -0.2) is 8.42 Å². The van der Waals surface area contributed by atoms with Gasteiger partial charge < -0.3 is 4.55 Å². The summed E-state index contributed by atoms with van der Waals surface area (Å²) in [6.45, 7) is 4.64. The lowest BCUT2D eigenvalue weighted by Crippen LogP contribution is -2.05. The summed E-state index contributed by atoms with van der Waals surface area (Å²) < 4.78 is 34.7. The molecule has 0 rings (SSSR count). The summed E-state index contributed by atoms with van der Waals surface area (Å²) >= 11 is 0. The van der Waals surface area contributed by atoms with Crippen LogP contribution in [0.25, 0.3) is 0 Å². The molecule has 0 aliphatic heterocycles. The maximum atomic E-state index is 10.2. The van der Waals surface area contributed by atoms with Gasteiger partial charge in [-0.3, -0.25) is 4.18 Å². The van der Waals surface area contributed by atoms with E-state index in [0.717, 1.165) is 18.8 Å². The van der Waals surface area contributed by atoms with E-state index in [4.69, 9.17) is 0 Å². The quantitative estimate of drug-likeness (QED) is 0.247. The van der Waals surface area contributed by atoms with Gasteiger partial charge in [0.2, 0.25) is 10.4 Å². The van der Waals surface area contributed by atoms with Gasteiger partial charge in [0.05, 0.1) is 6.61 Å². The average molecular weight is 322 g/mol. The Morgan fingerprint density at radius 2 is 1.33 bits per heavy atom. The van der Waals surface area contributed by atoms with Crippen LogP contribution in [-0.4, -0.2) is 19.6 Å². The monoisotopic (exact) mass is 321 g/mol. The smallest absolute Gasteiger partial charge is 0.217 e. The maximum Gasteiger partial charge on any atom is 0.217 e. The molecule has 5 heteroatoms. The van der Waals surface area contributed by atoms with Crippen LogP contribution in [0.15, 0.2) is 0 Å². The summed E-state index contributed by atoms with van der Waals surface area (Å²) in [5.74, 6) is 0.877. The number of unbranched alkanes of at least 4 members (excludes halogenated alkanes) is 8. The summed E-state index contributed by atoms with van der Waals surface area (Å²) in [6.07, 6.45) is 14.5. The van der Waals surface area contributed by atoms with Gasteiger partial charge in [-0.15, -0.1) is 0 Å². The highest BCUT2D eigenvalue weighted by molar-refractivity contribution is 7.80. The highest BCUT2D eigenvalue weighted by atomic mass is 32.3. The first-order valence-corrected chi connectivity index (χ1v) is 9.89. The minimum atomic E-state index is -4.49. The van der Waals surface area contributed by atoms with Crippen molar-refractivity contribution in [1.29, 1.82) is 0 Å². The lowest BCUT2D eigenvalue weighted by Gasteiger charge is -2.10. The van der Waals surface area contributed by atoms with Crippen molar-refractivity contribution in [2.75, 3.05) is 6.61 Å². The molecule has 0 bridgehead atoms. The predicted molar refractivity (Wildman–Crippen MR) is 85.9 cm³/mol. The van der Waals surface area contributed by atoms with Crippen molar-refractivity contribution in [3.05, 3.63) is 0 Å². The van der Waals surface area contributed by atoms with E-state index in [2.05, 4.69) is 18.0 Å². The molecule has 0 heterocycles. The zero-order valence-electron chi connectivity index (χ0n) is 13.8. The van der Waals surface area contributed by atoms with Gasteiger partial charge in [-0.2, -0.15) is 0 Å². The van der Waals surface area contributed by atoms with Crippen LogP contribution in [-0.2, 0) is 14.6 Å². The molecule has 0 amide bonds. The molecule has 0 aliphatic rings. The van der Waals surface area contributed by atoms with Crippen molar-refractivity contribution in [1.82, 2.24) is 0 Å². The highest BCUT2D eigenvalue weighted by Gasteiger charge is 2.01. The fourth-order valence-corrected chi connectivity index (χ4v) is 2.84. The topological polar surface area (TPSA) is 66.4 Å². The van der Waals surface area contributed by atoms with Gasteiger partial charge in [0.1, 0.15) is 0 Å². The summed E-state index contributed by atoms with van der Waals surface area (Å²) in [6, 6.07) is 0. The van der Waals surface area contributed by atoms with Crippen molar-refractivity contribution >= 4 is 10.4 Å². The van der Waals surface area contributed by atoms with E-state index in [-0.39, 0.29) is 6.61 Å². The lowest BCUT2D eigenvalue weighted by atomic mass is 9.97. The molecule has 128 valence electrons. The molecular formula is C16H33O4S-. The van der Waals surface area contributed by atoms with Crippen LogP contribution < -0.4 is 0 Å². The molecule has 0 aromatic heterocycles. The molecule has 0 radical (unpaired) electrons. The zero-order chi connectivity index (χ0) is 16.0. The summed E-state index contributed by atoms with van der Waals surface area (Å²) in [5, 5.41) is 0. The average Bonchev–Trinajstić information content (AvgIpc) is 2.41. The second kappa shape index (κ2) is 13.5. The van der Waals surface area contributed by atoms with Crippen LogP contribution in [0.3, 0.4) is 0 Å². The minimum absolute atomic E-state index is 0.0292. The third-order valence-electron chi connectivity index (χ3n) is 3.87. The summed E-state index contributed by atoms with van der Waals surface area (Å²) in [7, 11) is -4.49. The maximum absolute atomic E-state index is 10.2. The number of hydrogen-bond donors (Lipinski definition) is 0. The van der Waals surface area contributed by atoms with Gasteiger partial charge in [0.25, 0.3) is 0 Å². The van der Waals surface area contributed by atoms with Crippen LogP contribution >= 0.6 is 0 Å². The molecule has 1 atom stereocenters. The van der Waals surface area contributed by atoms with Crippen molar-refractivity contribution in [2.24, 2.45) is 5.92 Å². The molecule has 1 unspecified atom stereocenters. The Bertz CT molecular complexity index is 314. The van der Waals surface area contributed by atoms with Crippen molar-refractivity contribution in [2.45, 2.75) is 90.9 Å². The third-order valence-corrected chi connectivity index (χ3v) is 4.32. The van der Waals surface area contributed by atoms with Gasteiger partial charge in [-0.05, 0) is 12.3 Å². The van der Waals surface area contributed by atoms with E-state index < -0.39 is 10.4 Å². The SMILES string of the molecule is CCCCC(C)CCCCCCCCCCOS(=O)(=O)[O-]. The Morgan fingerprint density at radius 1 is 0.857 bits per heavy atom. The van der Waals surface area contributed by atoms with Crippen LogP contribution in [0.2, 0.25) is 0 Å². The first-order valence-electron chi connectivity index (χ1n) is 8.56. The first kappa shape index (κ1) is 20.9. The van der Waals surface area contributed by atoms with E-state index >= 15 is 0 Å². The second-order valence-electron chi connectivity index (χ2n) is 6.09. The largest absolute Gasteiger partial charge is 0.726 e. The fourth-order valence-electron chi connectivity index (χ4n) is 2.51. The van der Waals surface area contributed by atoms with Crippen molar-refractivity contribution < 1.29 is 17.2 Å². The standard InChI is InChI=1S/C16H34O4S/c1-3-4-13-16(2)14-11-9-7-5-6-8-10-12-15-20-21(17,18)19/h16H,3-15H2,1-2H3,(H,17,18,19)/p-1. The predicted octanol–water partition coefficient (Wildman–Crippen LogP) is 4.80. The van der Waals surface area contributed by atoms with Gasteiger partial charge in [-0.1, -0.05) is 84.5 Å². The molecule has 0 saturated carbocycles. The van der Waals surface area contributed by atoms with E-state index in [9.17, 15) is 13.0 Å². The third kappa shape index (κ3) is 17.8. The molecule has 4 nitrogen and oxygen atoms in total. The van der Waals surface area contributed by atoms with E-state index in [0.29, 0.717) is 6.42 Å². The molecule has 0 spiro atoms. The summed E-state index contributed by atoms with van der Waals surface area (Å²) in [4.78, 5) is 0. The van der Waals surface area contributed by atoms with Crippen molar-refractivity contribution in [3.63, 3.8) is 0 Å². The van der Waals surface area contributed by atoms with Crippen LogP contribution in [0.5, 0.6) is 0 Å². The Kier molecular flexibility index (Phi) is 13.4.